The summed E-state index contributed by atoms with van der Waals surface area (Å²) in [6, 6.07) is 0. The molecule has 3 unspecified atom stereocenters. The van der Waals surface area contributed by atoms with Gasteiger partial charge in [-0.1, -0.05) is 19.1 Å². The van der Waals surface area contributed by atoms with Crippen molar-refractivity contribution in [2.75, 3.05) is 0 Å². The normalized spacial score (nSPS) is 36.8. The van der Waals surface area contributed by atoms with Crippen LogP contribution in [0.25, 0.3) is 0 Å². The van der Waals surface area contributed by atoms with Crippen molar-refractivity contribution in [2.24, 2.45) is 17.3 Å². The molecule has 0 aliphatic heterocycles. The maximum Gasteiger partial charge on any atom is 0.299 e. The first-order chi connectivity index (χ1) is 7.37. The van der Waals surface area contributed by atoms with E-state index in [1.165, 1.54) is 0 Å². The van der Waals surface area contributed by atoms with Crippen LogP contribution in [-0.4, -0.2) is 14.3 Å². The predicted octanol–water partition coefficient (Wildman–Crippen LogP) is 3.36. The van der Waals surface area contributed by atoms with E-state index >= 15 is 0 Å². The van der Waals surface area contributed by atoms with Crippen LogP contribution in [0.1, 0.15) is 26.2 Å². The molecule has 0 amide bonds. The van der Waals surface area contributed by atoms with Crippen LogP contribution in [0.4, 0.5) is 0 Å². The zero-order chi connectivity index (χ0) is 12.0. The SMILES string of the molecule is CCC1(C(=O)O[Si](C)(C)C)CC2C=CC1C2. The number of hydrogen-bond acceptors (Lipinski definition) is 2. The molecule has 2 aliphatic rings. The Morgan fingerprint density at radius 3 is 2.50 bits per heavy atom. The fourth-order valence-corrected chi connectivity index (χ4v) is 3.88. The maximum absolute atomic E-state index is 12.4. The molecule has 3 atom stereocenters. The van der Waals surface area contributed by atoms with Crippen LogP contribution in [0.3, 0.4) is 0 Å². The summed E-state index contributed by atoms with van der Waals surface area (Å²) in [4.78, 5) is 12.4. The van der Waals surface area contributed by atoms with Crippen LogP contribution in [0.5, 0.6) is 0 Å². The van der Waals surface area contributed by atoms with Crippen LogP contribution >= 0.6 is 0 Å². The molecule has 0 heterocycles. The summed E-state index contributed by atoms with van der Waals surface area (Å²) in [6.07, 6.45) is 7.61. The van der Waals surface area contributed by atoms with Crippen molar-refractivity contribution >= 4 is 14.3 Å². The Hall–Kier alpha value is -0.573. The quantitative estimate of drug-likeness (QED) is 0.557. The van der Waals surface area contributed by atoms with E-state index in [4.69, 9.17) is 4.43 Å². The first kappa shape index (κ1) is 11.9. The Labute approximate surface area is 99.2 Å². The largest absolute Gasteiger partial charge is 0.519 e. The average Bonchev–Trinajstić information content (AvgIpc) is 2.74. The van der Waals surface area contributed by atoms with Gasteiger partial charge >= 0.3 is 0 Å². The lowest BCUT2D eigenvalue weighted by Crippen LogP contribution is -2.42. The minimum absolute atomic E-state index is 0.0750. The van der Waals surface area contributed by atoms with Gasteiger partial charge in [-0.2, -0.15) is 0 Å². The minimum Gasteiger partial charge on any atom is -0.519 e. The molecule has 0 spiro atoms. The molecule has 16 heavy (non-hydrogen) atoms. The van der Waals surface area contributed by atoms with Crippen LogP contribution < -0.4 is 0 Å². The van der Waals surface area contributed by atoms with Crippen molar-refractivity contribution in [3.05, 3.63) is 12.2 Å². The Morgan fingerprint density at radius 1 is 1.44 bits per heavy atom. The molecule has 0 radical (unpaired) electrons. The first-order valence-electron chi connectivity index (χ1n) is 6.29. The molecule has 90 valence electrons. The number of rotatable bonds is 3. The second-order valence-corrected chi connectivity index (χ2v) is 10.6. The summed E-state index contributed by atoms with van der Waals surface area (Å²) in [7, 11) is -1.75. The van der Waals surface area contributed by atoms with Gasteiger partial charge in [0.1, 0.15) is 0 Å². The molecule has 1 saturated carbocycles. The Balaban J connectivity index is 2.17. The highest BCUT2D eigenvalue weighted by atomic mass is 28.4. The highest BCUT2D eigenvalue weighted by Crippen LogP contribution is 2.54. The van der Waals surface area contributed by atoms with Crippen molar-refractivity contribution < 1.29 is 9.22 Å². The summed E-state index contributed by atoms with van der Waals surface area (Å²) in [5, 5.41) is 0. The highest BCUT2D eigenvalue weighted by molar-refractivity contribution is 6.71. The van der Waals surface area contributed by atoms with Gasteiger partial charge in [0.2, 0.25) is 8.32 Å². The molecule has 2 rings (SSSR count). The van der Waals surface area contributed by atoms with E-state index in [9.17, 15) is 4.79 Å². The van der Waals surface area contributed by atoms with E-state index in [0.717, 1.165) is 19.3 Å². The second-order valence-electron chi connectivity index (χ2n) is 6.20. The number of carbonyl (C=O) groups excluding carboxylic acids is 1. The summed E-state index contributed by atoms with van der Waals surface area (Å²) in [6.45, 7) is 8.37. The fourth-order valence-electron chi connectivity index (χ4n) is 3.12. The van der Waals surface area contributed by atoms with Gasteiger partial charge in [0.15, 0.2) is 0 Å². The molecule has 2 aliphatic carbocycles. The maximum atomic E-state index is 12.4. The van der Waals surface area contributed by atoms with Gasteiger partial charge in [-0.25, -0.2) is 0 Å². The summed E-state index contributed by atoms with van der Waals surface area (Å²) < 4.78 is 5.73. The minimum atomic E-state index is -1.75. The Bertz CT molecular complexity index is 329. The standard InChI is InChI=1S/C13H22O2Si/c1-5-13(12(14)15-16(2,3)4)9-10-6-7-11(13)8-10/h6-7,10-11H,5,8-9H2,1-4H3. The monoisotopic (exact) mass is 238 g/mol. The molecule has 0 aromatic heterocycles. The number of fused-ring (bicyclic) bond motifs is 2. The Morgan fingerprint density at radius 2 is 2.12 bits per heavy atom. The molecule has 0 saturated heterocycles. The first-order valence-corrected chi connectivity index (χ1v) is 9.70. The van der Waals surface area contributed by atoms with Crippen molar-refractivity contribution in [3.8, 4) is 0 Å². The summed E-state index contributed by atoms with van der Waals surface area (Å²) >= 11 is 0. The van der Waals surface area contributed by atoms with E-state index in [2.05, 4.69) is 38.7 Å². The molecule has 2 bridgehead atoms. The Kier molecular flexibility index (Phi) is 2.77. The lowest BCUT2D eigenvalue weighted by atomic mass is 9.74. The van der Waals surface area contributed by atoms with E-state index in [0.29, 0.717) is 11.8 Å². The second kappa shape index (κ2) is 3.72. The van der Waals surface area contributed by atoms with Gasteiger partial charge in [0, 0.05) is 0 Å². The van der Waals surface area contributed by atoms with E-state index in [1.54, 1.807) is 0 Å². The van der Waals surface area contributed by atoms with Crippen molar-refractivity contribution in [2.45, 2.75) is 45.8 Å². The third-order valence-electron chi connectivity index (χ3n) is 3.94. The molecular formula is C13H22O2Si. The number of carbonyl (C=O) groups is 1. The molecule has 0 aromatic rings. The lowest BCUT2D eigenvalue weighted by Gasteiger charge is -2.34. The third-order valence-corrected chi connectivity index (χ3v) is 4.74. The number of allylic oxidation sites excluding steroid dienone is 2. The number of hydrogen-bond donors (Lipinski definition) is 0. The zero-order valence-electron chi connectivity index (χ0n) is 10.7. The summed E-state index contributed by atoms with van der Waals surface area (Å²) in [5.74, 6) is 1.14. The van der Waals surface area contributed by atoms with E-state index in [1.807, 2.05) is 0 Å². The van der Waals surface area contributed by atoms with Crippen LogP contribution in [0.2, 0.25) is 19.6 Å². The molecule has 1 fully saturated rings. The predicted molar refractivity (Wildman–Crippen MR) is 67.5 cm³/mol. The van der Waals surface area contributed by atoms with Gasteiger partial charge in [-0.3, -0.25) is 4.79 Å². The smallest absolute Gasteiger partial charge is 0.299 e. The molecule has 3 heteroatoms. The van der Waals surface area contributed by atoms with Gasteiger partial charge in [-0.05, 0) is 50.7 Å². The van der Waals surface area contributed by atoms with Gasteiger partial charge in [-0.15, -0.1) is 0 Å². The van der Waals surface area contributed by atoms with Crippen LogP contribution in [-0.2, 0) is 9.22 Å². The third kappa shape index (κ3) is 1.86. The van der Waals surface area contributed by atoms with Crippen LogP contribution in [0.15, 0.2) is 12.2 Å². The highest BCUT2D eigenvalue weighted by Gasteiger charge is 2.53. The average molecular weight is 238 g/mol. The van der Waals surface area contributed by atoms with Crippen molar-refractivity contribution in [3.63, 3.8) is 0 Å². The van der Waals surface area contributed by atoms with Gasteiger partial charge in [0.05, 0.1) is 5.41 Å². The van der Waals surface area contributed by atoms with Crippen molar-refractivity contribution in [1.29, 1.82) is 0 Å². The topological polar surface area (TPSA) is 26.3 Å². The lowest BCUT2D eigenvalue weighted by molar-refractivity contribution is -0.148. The fraction of sp³-hybridized carbons (Fsp3) is 0.769. The molecule has 0 aromatic carbocycles. The van der Waals surface area contributed by atoms with Gasteiger partial charge in [0.25, 0.3) is 5.97 Å². The van der Waals surface area contributed by atoms with E-state index < -0.39 is 8.32 Å². The van der Waals surface area contributed by atoms with E-state index in [-0.39, 0.29) is 11.4 Å². The molecule has 0 N–H and O–H groups in total. The van der Waals surface area contributed by atoms with Gasteiger partial charge < -0.3 is 4.43 Å². The zero-order valence-corrected chi connectivity index (χ0v) is 11.7. The van der Waals surface area contributed by atoms with Crippen molar-refractivity contribution in [1.82, 2.24) is 0 Å². The molecule has 2 nitrogen and oxygen atoms in total. The summed E-state index contributed by atoms with van der Waals surface area (Å²) in [5.41, 5.74) is -0.195. The molecular weight excluding hydrogens is 216 g/mol. The van der Waals surface area contributed by atoms with Crippen LogP contribution in [0, 0.1) is 17.3 Å².